The fourth-order valence-electron chi connectivity index (χ4n) is 3.34. The molecule has 1 saturated heterocycles. The number of alkyl halides is 1. The Morgan fingerprint density at radius 1 is 1.48 bits per heavy atom. The topological polar surface area (TPSA) is 44.9 Å². The van der Waals surface area contributed by atoms with E-state index in [0.29, 0.717) is 5.88 Å². The SMILES string of the molecule is CCn1nc(C)c2nc(CCCl)n(C3(C)CCOC3C)c21. The molecule has 0 saturated carbocycles. The summed E-state index contributed by atoms with van der Waals surface area (Å²) < 4.78 is 10.2. The number of hydrogen-bond donors (Lipinski definition) is 0. The lowest BCUT2D eigenvalue weighted by Crippen LogP contribution is -2.38. The van der Waals surface area contributed by atoms with Gasteiger partial charge in [0.1, 0.15) is 11.3 Å². The second-order valence-corrected chi connectivity index (χ2v) is 6.37. The molecular weight excluding hydrogens is 288 g/mol. The normalized spacial score (nSPS) is 26.0. The third-order valence-electron chi connectivity index (χ3n) is 4.76. The zero-order chi connectivity index (χ0) is 15.2. The third kappa shape index (κ3) is 2.09. The van der Waals surface area contributed by atoms with Crippen molar-refractivity contribution in [3.63, 3.8) is 0 Å². The summed E-state index contributed by atoms with van der Waals surface area (Å²) >= 11 is 6.00. The predicted octanol–water partition coefficient (Wildman–Crippen LogP) is 2.87. The van der Waals surface area contributed by atoms with Crippen LogP contribution in [0, 0.1) is 6.92 Å². The van der Waals surface area contributed by atoms with Crippen molar-refractivity contribution in [2.45, 2.75) is 58.7 Å². The maximum Gasteiger partial charge on any atom is 0.159 e. The molecule has 2 aromatic rings. The van der Waals surface area contributed by atoms with Crippen LogP contribution in [0.15, 0.2) is 0 Å². The van der Waals surface area contributed by atoms with Gasteiger partial charge in [0.15, 0.2) is 5.65 Å². The van der Waals surface area contributed by atoms with Crippen molar-refractivity contribution in [3.8, 4) is 0 Å². The average Bonchev–Trinajstić information content (AvgIpc) is 3.07. The van der Waals surface area contributed by atoms with Gasteiger partial charge in [-0.2, -0.15) is 5.10 Å². The van der Waals surface area contributed by atoms with Gasteiger partial charge in [0.05, 0.1) is 17.3 Å². The van der Waals surface area contributed by atoms with Crippen LogP contribution >= 0.6 is 11.6 Å². The minimum Gasteiger partial charge on any atom is -0.376 e. The van der Waals surface area contributed by atoms with Crippen molar-refractivity contribution in [1.29, 1.82) is 0 Å². The Morgan fingerprint density at radius 3 is 2.81 bits per heavy atom. The first kappa shape index (κ1) is 14.9. The molecule has 1 aliphatic heterocycles. The number of halogens is 1. The molecule has 0 amide bonds. The largest absolute Gasteiger partial charge is 0.376 e. The van der Waals surface area contributed by atoms with E-state index in [1.807, 2.05) is 11.6 Å². The summed E-state index contributed by atoms with van der Waals surface area (Å²) in [6.07, 6.45) is 1.91. The average molecular weight is 311 g/mol. The molecular formula is C15H23ClN4O. The van der Waals surface area contributed by atoms with Crippen molar-refractivity contribution >= 4 is 22.8 Å². The lowest BCUT2D eigenvalue weighted by Gasteiger charge is -2.31. The van der Waals surface area contributed by atoms with E-state index in [9.17, 15) is 0 Å². The molecule has 1 aliphatic rings. The van der Waals surface area contributed by atoms with Gasteiger partial charge < -0.3 is 9.30 Å². The number of imidazole rings is 1. The molecule has 1 fully saturated rings. The summed E-state index contributed by atoms with van der Waals surface area (Å²) in [6.45, 7) is 10.2. The van der Waals surface area contributed by atoms with Crippen molar-refractivity contribution in [2.75, 3.05) is 12.5 Å². The summed E-state index contributed by atoms with van der Waals surface area (Å²) in [5, 5.41) is 4.62. The molecule has 2 atom stereocenters. The van der Waals surface area contributed by atoms with Crippen molar-refractivity contribution < 1.29 is 4.74 Å². The van der Waals surface area contributed by atoms with Crippen LogP contribution in [-0.2, 0) is 23.2 Å². The van der Waals surface area contributed by atoms with E-state index in [4.69, 9.17) is 21.3 Å². The standard InChI is InChI=1S/C15H23ClN4O/c1-5-19-14-13(10(2)18-19)17-12(6-8-16)20(14)15(4)7-9-21-11(15)3/h11H,5-9H2,1-4H3. The van der Waals surface area contributed by atoms with Gasteiger partial charge in [-0.05, 0) is 34.1 Å². The molecule has 3 rings (SSSR count). The molecule has 0 spiro atoms. The molecule has 0 aliphatic carbocycles. The second-order valence-electron chi connectivity index (χ2n) is 6.00. The van der Waals surface area contributed by atoms with Gasteiger partial charge in [0, 0.05) is 25.5 Å². The maximum atomic E-state index is 6.00. The van der Waals surface area contributed by atoms with Gasteiger partial charge in [0.2, 0.25) is 0 Å². The van der Waals surface area contributed by atoms with Crippen LogP contribution < -0.4 is 0 Å². The van der Waals surface area contributed by atoms with Crippen LogP contribution in [0.4, 0.5) is 0 Å². The zero-order valence-electron chi connectivity index (χ0n) is 13.2. The van der Waals surface area contributed by atoms with Gasteiger partial charge in [-0.15, -0.1) is 11.6 Å². The molecule has 21 heavy (non-hydrogen) atoms. The van der Waals surface area contributed by atoms with Crippen LogP contribution in [0.3, 0.4) is 0 Å². The van der Waals surface area contributed by atoms with Crippen molar-refractivity contribution in [3.05, 3.63) is 11.5 Å². The first-order valence-electron chi connectivity index (χ1n) is 7.65. The summed E-state index contributed by atoms with van der Waals surface area (Å²) in [5.74, 6) is 1.62. The number of nitrogens with zero attached hydrogens (tertiary/aromatic N) is 4. The molecule has 0 bridgehead atoms. The van der Waals surface area contributed by atoms with Gasteiger partial charge in [0.25, 0.3) is 0 Å². The van der Waals surface area contributed by atoms with Crippen LogP contribution in [0.2, 0.25) is 0 Å². The number of fused-ring (bicyclic) bond motifs is 1. The quantitative estimate of drug-likeness (QED) is 0.816. The minimum absolute atomic E-state index is 0.0878. The molecule has 3 heterocycles. The van der Waals surface area contributed by atoms with Crippen molar-refractivity contribution in [2.24, 2.45) is 0 Å². The van der Waals surface area contributed by atoms with E-state index in [0.717, 1.165) is 48.7 Å². The maximum absolute atomic E-state index is 6.00. The number of hydrogen-bond acceptors (Lipinski definition) is 3. The molecule has 6 heteroatoms. The summed E-state index contributed by atoms with van der Waals surface area (Å²) in [4.78, 5) is 4.83. The Labute approximate surface area is 130 Å². The summed E-state index contributed by atoms with van der Waals surface area (Å²) in [6, 6.07) is 0. The van der Waals surface area contributed by atoms with Crippen LogP contribution in [0.25, 0.3) is 11.2 Å². The van der Waals surface area contributed by atoms with Crippen LogP contribution in [0.1, 0.15) is 38.7 Å². The zero-order valence-corrected chi connectivity index (χ0v) is 13.9. The highest BCUT2D eigenvalue weighted by molar-refractivity contribution is 6.17. The van der Waals surface area contributed by atoms with E-state index in [1.165, 1.54) is 0 Å². The van der Waals surface area contributed by atoms with E-state index >= 15 is 0 Å². The second kappa shape index (κ2) is 5.29. The fourth-order valence-corrected chi connectivity index (χ4v) is 3.51. The Morgan fingerprint density at radius 2 is 2.24 bits per heavy atom. The Kier molecular flexibility index (Phi) is 3.74. The molecule has 5 nitrogen and oxygen atoms in total. The van der Waals surface area contributed by atoms with Crippen molar-refractivity contribution in [1.82, 2.24) is 19.3 Å². The molecule has 0 radical (unpaired) electrons. The lowest BCUT2D eigenvalue weighted by atomic mass is 9.94. The highest BCUT2D eigenvalue weighted by Crippen LogP contribution is 2.37. The monoisotopic (exact) mass is 310 g/mol. The lowest BCUT2D eigenvalue weighted by molar-refractivity contribution is 0.0759. The predicted molar refractivity (Wildman–Crippen MR) is 84.0 cm³/mol. The number of rotatable bonds is 4. The van der Waals surface area contributed by atoms with Gasteiger partial charge in [-0.25, -0.2) is 9.67 Å². The molecule has 0 aromatic carbocycles. The van der Waals surface area contributed by atoms with E-state index in [2.05, 4.69) is 30.4 Å². The third-order valence-corrected chi connectivity index (χ3v) is 4.95. The highest BCUT2D eigenvalue weighted by atomic mass is 35.5. The fraction of sp³-hybridized carbons (Fsp3) is 0.733. The minimum atomic E-state index is -0.0878. The van der Waals surface area contributed by atoms with E-state index < -0.39 is 0 Å². The Balaban J connectivity index is 2.29. The first-order chi connectivity index (χ1) is 10.0. The van der Waals surface area contributed by atoms with Gasteiger partial charge in [-0.3, -0.25) is 0 Å². The summed E-state index contributed by atoms with van der Waals surface area (Å²) in [7, 11) is 0. The molecule has 2 aromatic heterocycles. The van der Waals surface area contributed by atoms with Crippen LogP contribution in [0.5, 0.6) is 0 Å². The Hall–Kier alpha value is -1.07. The smallest absolute Gasteiger partial charge is 0.159 e. The Bertz CT molecular complexity index is 662. The summed E-state index contributed by atoms with van der Waals surface area (Å²) in [5.41, 5.74) is 3.00. The number of aromatic nitrogens is 4. The first-order valence-corrected chi connectivity index (χ1v) is 8.19. The number of ether oxygens (including phenoxy) is 1. The van der Waals surface area contributed by atoms with E-state index in [-0.39, 0.29) is 11.6 Å². The molecule has 2 unspecified atom stereocenters. The van der Waals surface area contributed by atoms with Crippen LogP contribution in [-0.4, -0.2) is 37.9 Å². The van der Waals surface area contributed by atoms with E-state index in [1.54, 1.807) is 0 Å². The molecule has 116 valence electrons. The van der Waals surface area contributed by atoms with Gasteiger partial charge >= 0.3 is 0 Å². The number of aryl methyl sites for hydroxylation is 3. The highest BCUT2D eigenvalue weighted by Gasteiger charge is 2.42. The van der Waals surface area contributed by atoms with Gasteiger partial charge in [-0.1, -0.05) is 0 Å². The molecule has 0 N–H and O–H groups in total.